The van der Waals surface area contributed by atoms with E-state index in [0.717, 1.165) is 32.5 Å². The molecule has 0 spiro atoms. The molecule has 2 heterocycles. The Bertz CT molecular complexity index is 625. The molecule has 1 aliphatic carbocycles. The van der Waals surface area contributed by atoms with Crippen LogP contribution in [0.3, 0.4) is 0 Å². The van der Waals surface area contributed by atoms with Gasteiger partial charge in [-0.15, -0.1) is 0 Å². The molecule has 1 N–H and O–H groups in total. The lowest BCUT2D eigenvalue weighted by Gasteiger charge is -2.29. The van der Waals surface area contributed by atoms with E-state index in [2.05, 4.69) is 53.4 Å². The van der Waals surface area contributed by atoms with Gasteiger partial charge in [-0.2, -0.15) is 0 Å². The number of carbonyl (C=O) groups is 1. The summed E-state index contributed by atoms with van der Waals surface area (Å²) in [5.41, 5.74) is 2.80. The molecule has 4 heteroatoms. The second-order valence-electron chi connectivity index (χ2n) is 8.35. The van der Waals surface area contributed by atoms with E-state index in [1.807, 2.05) is 0 Å². The van der Waals surface area contributed by atoms with E-state index in [4.69, 9.17) is 0 Å². The molecule has 136 valence electrons. The predicted octanol–water partition coefficient (Wildman–Crippen LogP) is 3.57. The van der Waals surface area contributed by atoms with Crippen molar-refractivity contribution >= 4 is 6.03 Å². The lowest BCUT2D eigenvalue weighted by atomic mass is 9.88. The van der Waals surface area contributed by atoms with Crippen LogP contribution in [-0.4, -0.2) is 48.6 Å². The molecule has 3 aliphatic rings. The minimum absolute atomic E-state index is 0.174. The maximum absolute atomic E-state index is 12.7. The number of urea groups is 1. The SMILES string of the molecule is Cc1ccccc1[C@H]1[C@@H]2CN(C(=O)NC3CCCCC3)C[C@@H]2CN1C. The van der Waals surface area contributed by atoms with E-state index >= 15 is 0 Å². The third-order valence-electron chi connectivity index (χ3n) is 6.62. The first-order chi connectivity index (χ1) is 12.1. The van der Waals surface area contributed by atoms with Gasteiger partial charge in [-0.1, -0.05) is 43.5 Å². The van der Waals surface area contributed by atoms with Crippen LogP contribution in [0.4, 0.5) is 4.79 Å². The molecule has 0 bridgehead atoms. The number of benzene rings is 1. The van der Waals surface area contributed by atoms with Gasteiger partial charge < -0.3 is 10.2 Å². The van der Waals surface area contributed by atoms with Gasteiger partial charge in [0, 0.05) is 37.6 Å². The number of likely N-dealkylation sites (tertiary alicyclic amines) is 2. The number of nitrogens with one attached hydrogen (secondary N) is 1. The molecule has 0 unspecified atom stereocenters. The molecule has 1 saturated carbocycles. The minimum atomic E-state index is 0.174. The van der Waals surface area contributed by atoms with Gasteiger partial charge in [0.25, 0.3) is 0 Å². The summed E-state index contributed by atoms with van der Waals surface area (Å²) in [6.07, 6.45) is 6.15. The van der Waals surface area contributed by atoms with Crippen molar-refractivity contribution in [3.63, 3.8) is 0 Å². The molecule has 1 aromatic carbocycles. The zero-order chi connectivity index (χ0) is 17.4. The Morgan fingerprint density at radius 1 is 1.08 bits per heavy atom. The van der Waals surface area contributed by atoms with E-state index in [0.29, 0.717) is 23.9 Å². The van der Waals surface area contributed by atoms with Gasteiger partial charge in [-0.25, -0.2) is 4.79 Å². The molecule has 3 atom stereocenters. The average Bonchev–Trinajstić information content (AvgIpc) is 3.13. The molecular formula is C21H31N3O. The monoisotopic (exact) mass is 341 g/mol. The van der Waals surface area contributed by atoms with Gasteiger partial charge in [0.1, 0.15) is 0 Å². The number of aryl methyl sites for hydroxylation is 1. The van der Waals surface area contributed by atoms with Crippen LogP contribution in [-0.2, 0) is 0 Å². The fourth-order valence-electron chi connectivity index (χ4n) is 5.32. The van der Waals surface area contributed by atoms with Crippen molar-refractivity contribution in [2.24, 2.45) is 11.8 Å². The summed E-state index contributed by atoms with van der Waals surface area (Å²) in [6.45, 7) is 5.11. The maximum atomic E-state index is 12.7. The van der Waals surface area contributed by atoms with E-state index < -0.39 is 0 Å². The molecule has 1 aromatic rings. The van der Waals surface area contributed by atoms with Crippen LogP contribution in [0, 0.1) is 18.8 Å². The quantitative estimate of drug-likeness (QED) is 0.892. The molecule has 25 heavy (non-hydrogen) atoms. The lowest BCUT2D eigenvalue weighted by molar-refractivity contribution is 0.187. The van der Waals surface area contributed by atoms with Crippen LogP contribution in [0.25, 0.3) is 0 Å². The summed E-state index contributed by atoms with van der Waals surface area (Å²) in [5, 5.41) is 3.30. The van der Waals surface area contributed by atoms with E-state index in [1.165, 1.54) is 30.4 Å². The van der Waals surface area contributed by atoms with Crippen molar-refractivity contribution in [1.29, 1.82) is 0 Å². The van der Waals surface area contributed by atoms with Gasteiger partial charge in [0.05, 0.1) is 0 Å². The number of rotatable bonds is 2. The summed E-state index contributed by atoms with van der Waals surface area (Å²) in [5.74, 6) is 1.16. The van der Waals surface area contributed by atoms with Crippen LogP contribution in [0.15, 0.2) is 24.3 Å². The third-order valence-corrected chi connectivity index (χ3v) is 6.62. The standard InChI is InChI=1S/C21H31N3O/c1-15-8-6-7-11-18(15)20-19-14-24(13-16(19)12-23(20)2)21(25)22-17-9-4-3-5-10-17/h6-8,11,16-17,19-20H,3-5,9-10,12-14H2,1-2H3,(H,22,25)/t16-,19+,20-/m0/s1. The highest BCUT2D eigenvalue weighted by atomic mass is 16.2. The minimum Gasteiger partial charge on any atom is -0.335 e. The molecule has 4 nitrogen and oxygen atoms in total. The van der Waals surface area contributed by atoms with Crippen molar-refractivity contribution in [2.75, 3.05) is 26.7 Å². The number of hydrogen-bond donors (Lipinski definition) is 1. The fourth-order valence-corrected chi connectivity index (χ4v) is 5.32. The van der Waals surface area contributed by atoms with E-state index in [9.17, 15) is 4.79 Å². The molecule has 0 radical (unpaired) electrons. The Labute approximate surface area is 151 Å². The van der Waals surface area contributed by atoms with Crippen LogP contribution >= 0.6 is 0 Å². The highest BCUT2D eigenvalue weighted by Crippen LogP contribution is 2.44. The highest BCUT2D eigenvalue weighted by molar-refractivity contribution is 5.75. The molecule has 2 amide bonds. The number of carbonyl (C=O) groups excluding carboxylic acids is 1. The summed E-state index contributed by atoms with van der Waals surface area (Å²) in [4.78, 5) is 17.3. The Kier molecular flexibility index (Phi) is 4.72. The first-order valence-corrected chi connectivity index (χ1v) is 9.94. The van der Waals surface area contributed by atoms with Crippen molar-refractivity contribution in [1.82, 2.24) is 15.1 Å². The van der Waals surface area contributed by atoms with Gasteiger partial charge in [0.15, 0.2) is 0 Å². The summed E-state index contributed by atoms with van der Waals surface area (Å²) >= 11 is 0. The number of nitrogens with zero attached hydrogens (tertiary/aromatic N) is 2. The van der Waals surface area contributed by atoms with Gasteiger partial charge in [0.2, 0.25) is 0 Å². The fraction of sp³-hybridized carbons (Fsp3) is 0.667. The largest absolute Gasteiger partial charge is 0.335 e. The Balaban J connectivity index is 1.44. The molecule has 0 aromatic heterocycles. The zero-order valence-corrected chi connectivity index (χ0v) is 15.6. The molecule has 4 rings (SSSR count). The van der Waals surface area contributed by atoms with Gasteiger partial charge >= 0.3 is 6.03 Å². The topological polar surface area (TPSA) is 35.6 Å². The summed E-state index contributed by atoms with van der Waals surface area (Å²) < 4.78 is 0. The number of fused-ring (bicyclic) bond motifs is 1. The van der Waals surface area contributed by atoms with Crippen LogP contribution in [0.5, 0.6) is 0 Å². The van der Waals surface area contributed by atoms with E-state index in [-0.39, 0.29) is 6.03 Å². The smallest absolute Gasteiger partial charge is 0.317 e. The molecular weight excluding hydrogens is 310 g/mol. The summed E-state index contributed by atoms with van der Waals surface area (Å²) in [6, 6.07) is 9.75. The van der Waals surface area contributed by atoms with E-state index in [1.54, 1.807) is 0 Å². The second-order valence-corrected chi connectivity index (χ2v) is 8.35. The van der Waals surface area contributed by atoms with Crippen LogP contribution < -0.4 is 5.32 Å². The Hall–Kier alpha value is -1.55. The Morgan fingerprint density at radius 3 is 2.60 bits per heavy atom. The van der Waals surface area contributed by atoms with Crippen LogP contribution in [0.2, 0.25) is 0 Å². The van der Waals surface area contributed by atoms with Crippen molar-refractivity contribution in [2.45, 2.75) is 51.1 Å². The van der Waals surface area contributed by atoms with Gasteiger partial charge in [-0.05, 0) is 43.9 Å². The number of amides is 2. The van der Waals surface area contributed by atoms with Crippen molar-refractivity contribution in [3.8, 4) is 0 Å². The normalized spacial score (nSPS) is 30.5. The summed E-state index contributed by atoms with van der Waals surface area (Å²) in [7, 11) is 2.24. The molecule has 2 saturated heterocycles. The zero-order valence-electron chi connectivity index (χ0n) is 15.6. The number of hydrogen-bond acceptors (Lipinski definition) is 2. The average molecular weight is 341 g/mol. The first-order valence-electron chi connectivity index (χ1n) is 9.94. The van der Waals surface area contributed by atoms with Crippen molar-refractivity contribution in [3.05, 3.63) is 35.4 Å². The van der Waals surface area contributed by atoms with Crippen molar-refractivity contribution < 1.29 is 4.79 Å². The molecule has 2 aliphatic heterocycles. The second kappa shape index (κ2) is 6.99. The highest BCUT2D eigenvalue weighted by Gasteiger charge is 2.47. The maximum Gasteiger partial charge on any atom is 0.317 e. The molecule has 3 fully saturated rings. The van der Waals surface area contributed by atoms with Crippen LogP contribution in [0.1, 0.15) is 49.3 Å². The third kappa shape index (κ3) is 3.29. The first kappa shape index (κ1) is 16.9. The van der Waals surface area contributed by atoms with Gasteiger partial charge in [-0.3, -0.25) is 4.90 Å². The lowest BCUT2D eigenvalue weighted by Crippen LogP contribution is -2.45. The predicted molar refractivity (Wildman–Crippen MR) is 101 cm³/mol. The Morgan fingerprint density at radius 2 is 1.84 bits per heavy atom.